The summed E-state index contributed by atoms with van der Waals surface area (Å²) >= 11 is 0. The van der Waals surface area contributed by atoms with E-state index in [2.05, 4.69) is 4.72 Å². The highest BCUT2D eigenvalue weighted by Crippen LogP contribution is 2.25. The number of ether oxygens (including phenoxy) is 1. The third-order valence-corrected chi connectivity index (χ3v) is 7.00. The van der Waals surface area contributed by atoms with Crippen molar-refractivity contribution >= 4 is 19.9 Å². The van der Waals surface area contributed by atoms with Crippen LogP contribution in [0.3, 0.4) is 0 Å². The molecule has 8 heteroatoms. The van der Waals surface area contributed by atoms with E-state index in [1.807, 2.05) is 0 Å². The maximum atomic E-state index is 12.7. The van der Waals surface area contributed by atoms with Crippen LogP contribution >= 0.6 is 0 Å². The second kappa shape index (κ2) is 8.09. The smallest absolute Gasteiger partial charge is 0.240 e. The van der Waals surface area contributed by atoms with E-state index in [0.717, 1.165) is 0 Å². The number of methoxy groups -OCH3 is 1. The van der Waals surface area contributed by atoms with Crippen LogP contribution in [0.25, 0.3) is 0 Å². The van der Waals surface area contributed by atoms with Crippen LogP contribution in [0.15, 0.2) is 63.2 Å². The Kier molecular flexibility index (Phi) is 6.34. The SMILES string of the molecule is COCCCNS(=O)(=O)c1cc(S(=O)(=O)c2ccccc2)ccc1C. The van der Waals surface area contributed by atoms with Crippen LogP contribution < -0.4 is 4.72 Å². The number of hydrogen-bond donors (Lipinski definition) is 1. The first kappa shape index (κ1) is 19.6. The molecule has 2 aromatic carbocycles. The molecule has 0 bridgehead atoms. The number of sulfonamides is 1. The minimum atomic E-state index is -3.81. The molecule has 0 aromatic heterocycles. The molecule has 0 atom stereocenters. The average molecular weight is 383 g/mol. The summed E-state index contributed by atoms with van der Waals surface area (Å²) in [6.07, 6.45) is 0.525. The quantitative estimate of drug-likeness (QED) is 0.706. The van der Waals surface area contributed by atoms with Crippen molar-refractivity contribution in [3.8, 4) is 0 Å². The standard InChI is InChI=1S/C17H21NO5S2/c1-14-9-10-16(24(19,20)15-7-4-3-5-8-15)13-17(14)25(21,22)18-11-6-12-23-2/h3-5,7-10,13,18H,6,11-12H2,1-2H3. The van der Waals surface area contributed by atoms with Gasteiger partial charge in [0.25, 0.3) is 0 Å². The maximum Gasteiger partial charge on any atom is 0.240 e. The Morgan fingerprint density at radius 3 is 2.28 bits per heavy atom. The number of rotatable bonds is 8. The molecular weight excluding hydrogens is 362 g/mol. The molecule has 0 aliphatic rings. The van der Waals surface area contributed by atoms with Gasteiger partial charge in [-0.1, -0.05) is 24.3 Å². The van der Waals surface area contributed by atoms with Gasteiger partial charge in [-0.3, -0.25) is 0 Å². The molecule has 0 aliphatic carbocycles. The van der Waals surface area contributed by atoms with E-state index in [9.17, 15) is 16.8 Å². The maximum absolute atomic E-state index is 12.7. The molecule has 0 fully saturated rings. The minimum absolute atomic E-state index is 0.0399. The molecule has 0 saturated carbocycles. The van der Waals surface area contributed by atoms with Crippen molar-refractivity contribution in [3.05, 3.63) is 54.1 Å². The molecule has 0 spiro atoms. The number of benzene rings is 2. The molecule has 2 rings (SSSR count). The predicted octanol–water partition coefficient (Wildman–Crippen LogP) is 2.14. The molecule has 136 valence electrons. The van der Waals surface area contributed by atoms with E-state index in [1.165, 1.54) is 37.4 Å². The molecule has 0 unspecified atom stereocenters. The van der Waals surface area contributed by atoms with Gasteiger partial charge in [0.15, 0.2) is 0 Å². The molecule has 0 aliphatic heterocycles. The summed E-state index contributed by atoms with van der Waals surface area (Å²) in [5.41, 5.74) is 0.478. The van der Waals surface area contributed by atoms with Crippen molar-refractivity contribution < 1.29 is 21.6 Å². The molecule has 0 radical (unpaired) electrons. The van der Waals surface area contributed by atoms with Crippen molar-refractivity contribution in [2.45, 2.75) is 28.0 Å². The zero-order valence-corrected chi connectivity index (χ0v) is 15.7. The largest absolute Gasteiger partial charge is 0.385 e. The Bertz CT molecular complexity index is 923. The molecule has 0 amide bonds. The molecule has 0 saturated heterocycles. The molecular formula is C17H21NO5S2. The van der Waals surface area contributed by atoms with Gasteiger partial charge in [-0.2, -0.15) is 0 Å². The van der Waals surface area contributed by atoms with Gasteiger partial charge < -0.3 is 4.74 Å². The van der Waals surface area contributed by atoms with E-state index < -0.39 is 19.9 Å². The predicted molar refractivity (Wildman–Crippen MR) is 94.8 cm³/mol. The highest BCUT2D eigenvalue weighted by molar-refractivity contribution is 7.91. The van der Waals surface area contributed by atoms with Crippen molar-refractivity contribution in [2.75, 3.05) is 20.3 Å². The van der Waals surface area contributed by atoms with Gasteiger partial charge in [-0.05, 0) is 43.2 Å². The van der Waals surface area contributed by atoms with Crippen LogP contribution in [-0.4, -0.2) is 37.1 Å². The normalized spacial score (nSPS) is 12.2. The highest BCUT2D eigenvalue weighted by Gasteiger charge is 2.22. The highest BCUT2D eigenvalue weighted by atomic mass is 32.2. The molecule has 2 aromatic rings. The fourth-order valence-corrected chi connectivity index (χ4v) is 5.00. The van der Waals surface area contributed by atoms with Crippen molar-refractivity contribution in [3.63, 3.8) is 0 Å². The van der Waals surface area contributed by atoms with Crippen molar-refractivity contribution in [1.29, 1.82) is 0 Å². The van der Waals surface area contributed by atoms with Gasteiger partial charge in [-0.25, -0.2) is 21.6 Å². The van der Waals surface area contributed by atoms with Gasteiger partial charge in [0.1, 0.15) is 0 Å². The van der Waals surface area contributed by atoms with Crippen LogP contribution in [0.2, 0.25) is 0 Å². The summed E-state index contributed by atoms with van der Waals surface area (Å²) in [4.78, 5) is 0.0266. The Morgan fingerprint density at radius 2 is 1.64 bits per heavy atom. The first-order valence-corrected chi connectivity index (χ1v) is 10.6. The van der Waals surface area contributed by atoms with Crippen LogP contribution in [0.4, 0.5) is 0 Å². The lowest BCUT2D eigenvalue weighted by Crippen LogP contribution is -2.26. The fraction of sp³-hybridized carbons (Fsp3) is 0.294. The Labute approximate surface area is 148 Å². The van der Waals surface area contributed by atoms with E-state index in [4.69, 9.17) is 4.74 Å². The van der Waals surface area contributed by atoms with Crippen molar-refractivity contribution in [2.24, 2.45) is 0 Å². The minimum Gasteiger partial charge on any atom is -0.385 e. The van der Waals surface area contributed by atoms with E-state index in [-0.39, 0.29) is 21.2 Å². The third kappa shape index (κ3) is 4.66. The summed E-state index contributed by atoms with van der Waals surface area (Å²) in [5.74, 6) is 0. The summed E-state index contributed by atoms with van der Waals surface area (Å²) in [6, 6.07) is 12.0. The van der Waals surface area contributed by atoms with Gasteiger partial charge in [0.05, 0.1) is 14.7 Å². The second-order valence-corrected chi connectivity index (χ2v) is 9.17. The number of hydrogen-bond acceptors (Lipinski definition) is 5. The Hall–Kier alpha value is -1.74. The first-order chi connectivity index (χ1) is 11.8. The van der Waals surface area contributed by atoms with Crippen LogP contribution in [-0.2, 0) is 24.6 Å². The zero-order chi connectivity index (χ0) is 18.5. The monoisotopic (exact) mass is 383 g/mol. The molecule has 6 nitrogen and oxygen atoms in total. The third-order valence-electron chi connectivity index (χ3n) is 3.63. The number of sulfone groups is 1. The lowest BCUT2D eigenvalue weighted by Gasteiger charge is -2.12. The average Bonchev–Trinajstić information content (AvgIpc) is 2.59. The first-order valence-electron chi connectivity index (χ1n) is 7.68. The fourth-order valence-electron chi connectivity index (χ4n) is 2.27. The van der Waals surface area contributed by atoms with Gasteiger partial charge in [0, 0.05) is 20.3 Å². The van der Waals surface area contributed by atoms with E-state index >= 15 is 0 Å². The van der Waals surface area contributed by atoms with E-state index in [1.54, 1.807) is 25.1 Å². The molecule has 25 heavy (non-hydrogen) atoms. The second-order valence-electron chi connectivity index (χ2n) is 5.49. The van der Waals surface area contributed by atoms with Gasteiger partial charge in [-0.15, -0.1) is 0 Å². The van der Waals surface area contributed by atoms with Crippen LogP contribution in [0, 0.1) is 6.92 Å². The van der Waals surface area contributed by atoms with Gasteiger partial charge >= 0.3 is 0 Å². The lowest BCUT2D eigenvalue weighted by molar-refractivity contribution is 0.196. The summed E-state index contributed by atoms with van der Waals surface area (Å²) in [7, 11) is -6.05. The molecule has 0 heterocycles. The zero-order valence-electron chi connectivity index (χ0n) is 14.1. The Morgan fingerprint density at radius 1 is 0.960 bits per heavy atom. The summed E-state index contributed by atoms with van der Waals surface area (Å²) < 4.78 is 57.7. The number of aryl methyl sites for hydroxylation is 1. The number of nitrogens with one attached hydrogen (secondary N) is 1. The van der Waals surface area contributed by atoms with E-state index in [0.29, 0.717) is 18.6 Å². The molecule has 1 N–H and O–H groups in total. The van der Waals surface area contributed by atoms with Gasteiger partial charge in [0.2, 0.25) is 19.9 Å². The van der Waals surface area contributed by atoms with Crippen molar-refractivity contribution in [1.82, 2.24) is 4.72 Å². The lowest BCUT2D eigenvalue weighted by atomic mass is 10.2. The summed E-state index contributed by atoms with van der Waals surface area (Å²) in [5, 5.41) is 0. The van der Waals surface area contributed by atoms with Crippen LogP contribution in [0.5, 0.6) is 0 Å². The van der Waals surface area contributed by atoms with Crippen LogP contribution in [0.1, 0.15) is 12.0 Å². The topological polar surface area (TPSA) is 89.5 Å². The Balaban J connectivity index is 2.38. The summed E-state index contributed by atoms with van der Waals surface area (Å²) in [6.45, 7) is 2.28.